The fourth-order valence-electron chi connectivity index (χ4n) is 3.53. The van der Waals surface area contributed by atoms with E-state index in [1.165, 1.54) is 12.1 Å². The highest BCUT2D eigenvalue weighted by atomic mass is 19.1. The number of nitrogens with one attached hydrogen (secondary N) is 2. The van der Waals surface area contributed by atoms with Crippen LogP contribution >= 0.6 is 0 Å². The second-order valence-electron chi connectivity index (χ2n) is 7.54. The van der Waals surface area contributed by atoms with Crippen LogP contribution in [-0.4, -0.2) is 50.5 Å². The Morgan fingerprint density at radius 3 is 2.74 bits per heavy atom. The van der Waals surface area contributed by atoms with Crippen LogP contribution in [0.3, 0.4) is 0 Å². The van der Waals surface area contributed by atoms with Crippen LogP contribution in [0.4, 0.5) is 21.8 Å². The number of hydrogen-bond donors (Lipinski definition) is 3. The number of aromatic nitrogens is 4. The predicted molar refractivity (Wildman–Crippen MR) is 114 cm³/mol. The summed E-state index contributed by atoms with van der Waals surface area (Å²) in [5.41, 5.74) is 3.07. The lowest BCUT2D eigenvalue weighted by molar-refractivity contribution is -0.118. The summed E-state index contributed by atoms with van der Waals surface area (Å²) >= 11 is 0. The first-order chi connectivity index (χ1) is 14.9. The second kappa shape index (κ2) is 8.31. The number of aryl methyl sites for hydroxylation is 1. The minimum atomic E-state index is -0.694. The summed E-state index contributed by atoms with van der Waals surface area (Å²) in [6, 6.07) is 5.64. The van der Waals surface area contributed by atoms with Gasteiger partial charge in [0, 0.05) is 25.4 Å². The van der Waals surface area contributed by atoms with E-state index in [0.717, 1.165) is 11.1 Å². The van der Waals surface area contributed by atoms with Crippen LogP contribution < -0.4 is 15.5 Å². The number of benzene rings is 1. The Balaban J connectivity index is 1.48. The molecule has 3 N–H and O–H groups in total. The van der Waals surface area contributed by atoms with Crippen molar-refractivity contribution >= 4 is 23.4 Å². The molecule has 0 saturated carbocycles. The summed E-state index contributed by atoms with van der Waals surface area (Å²) in [7, 11) is 1.72. The molecule has 0 bridgehead atoms. The average Bonchev–Trinajstić information content (AvgIpc) is 3.23. The molecule has 162 valence electrons. The largest absolute Gasteiger partial charge is 0.394 e. The molecular formula is C21H24FN7O2. The first-order valence-electron chi connectivity index (χ1n) is 9.93. The zero-order valence-corrected chi connectivity index (χ0v) is 17.5. The van der Waals surface area contributed by atoms with E-state index >= 15 is 0 Å². The predicted octanol–water partition coefficient (Wildman–Crippen LogP) is 2.09. The molecule has 0 aliphatic carbocycles. The third kappa shape index (κ3) is 4.06. The number of likely N-dealkylation sites (N-methyl/N-ethyl adjacent to an activating group) is 1. The lowest BCUT2D eigenvalue weighted by Gasteiger charge is -2.33. The van der Waals surface area contributed by atoms with Gasteiger partial charge in [-0.1, -0.05) is 12.1 Å². The quantitative estimate of drug-likeness (QED) is 0.555. The van der Waals surface area contributed by atoms with Crippen molar-refractivity contribution in [1.29, 1.82) is 0 Å². The summed E-state index contributed by atoms with van der Waals surface area (Å²) in [4.78, 5) is 22.7. The molecule has 10 heteroatoms. The van der Waals surface area contributed by atoms with Crippen molar-refractivity contribution in [2.24, 2.45) is 0 Å². The van der Waals surface area contributed by atoms with E-state index in [-0.39, 0.29) is 24.4 Å². The summed E-state index contributed by atoms with van der Waals surface area (Å²) in [6.45, 7) is 3.93. The smallest absolute Gasteiger partial charge is 0.249 e. The van der Waals surface area contributed by atoms with Crippen molar-refractivity contribution in [2.45, 2.75) is 32.5 Å². The Labute approximate surface area is 178 Å². The topological polar surface area (TPSA) is 108 Å². The number of nitrogens with zero attached hydrogens (tertiary/aromatic N) is 5. The van der Waals surface area contributed by atoms with Crippen LogP contribution in [-0.2, 0) is 11.3 Å². The number of amides is 1. The molecular weight excluding hydrogens is 401 g/mol. The third-order valence-electron chi connectivity index (χ3n) is 5.45. The molecule has 1 unspecified atom stereocenters. The van der Waals surface area contributed by atoms with Gasteiger partial charge in [0.1, 0.15) is 17.5 Å². The fourth-order valence-corrected chi connectivity index (χ4v) is 3.53. The summed E-state index contributed by atoms with van der Waals surface area (Å²) in [5, 5.41) is 19.9. The Morgan fingerprint density at radius 1 is 1.29 bits per heavy atom. The Kier molecular flexibility index (Phi) is 5.55. The number of aliphatic hydroxyl groups is 1. The number of halogens is 1. The maximum absolute atomic E-state index is 13.2. The minimum absolute atomic E-state index is 0.0377. The van der Waals surface area contributed by atoms with E-state index in [1.807, 2.05) is 17.8 Å². The SMILES string of the molecule is Cc1nc(NCc2cnn([C@H](C)c3ccc(F)cc3)c2)nc2c1NC(=O)C(CO)N2C. The molecule has 9 nitrogen and oxygen atoms in total. The molecule has 31 heavy (non-hydrogen) atoms. The van der Waals surface area contributed by atoms with Crippen molar-refractivity contribution in [3.63, 3.8) is 0 Å². The Morgan fingerprint density at radius 2 is 2.03 bits per heavy atom. The number of rotatable bonds is 6. The average molecular weight is 425 g/mol. The van der Waals surface area contributed by atoms with E-state index in [0.29, 0.717) is 29.7 Å². The molecule has 0 saturated heterocycles. The van der Waals surface area contributed by atoms with Crippen LogP contribution in [0, 0.1) is 12.7 Å². The van der Waals surface area contributed by atoms with Gasteiger partial charge in [-0.15, -0.1) is 0 Å². The molecule has 0 radical (unpaired) electrons. The van der Waals surface area contributed by atoms with Crippen LogP contribution in [0.1, 0.15) is 29.8 Å². The van der Waals surface area contributed by atoms with Crippen molar-refractivity contribution < 1.29 is 14.3 Å². The lowest BCUT2D eigenvalue weighted by atomic mass is 10.1. The van der Waals surface area contributed by atoms with Gasteiger partial charge in [-0.05, 0) is 31.5 Å². The third-order valence-corrected chi connectivity index (χ3v) is 5.45. The minimum Gasteiger partial charge on any atom is -0.394 e. The van der Waals surface area contributed by atoms with E-state index in [2.05, 4.69) is 25.7 Å². The van der Waals surface area contributed by atoms with E-state index < -0.39 is 6.04 Å². The van der Waals surface area contributed by atoms with Gasteiger partial charge in [-0.25, -0.2) is 9.37 Å². The maximum Gasteiger partial charge on any atom is 0.249 e. The number of carbonyl (C=O) groups is 1. The summed E-state index contributed by atoms with van der Waals surface area (Å²) < 4.78 is 15.0. The summed E-state index contributed by atoms with van der Waals surface area (Å²) in [6.07, 6.45) is 3.67. The number of aliphatic hydroxyl groups excluding tert-OH is 1. The first-order valence-corrected chi connectivity index (χ1v) is 9.93. The molecule has 0 fully saturated rings. The fraction of sp³-hybridized carbons (Fsp3) is 0.333. The first kappa shape index (κ1) is 20.7. The van der Waals surface area contributed by atoms with E-state index in [1.54, 1.807) is 37.2 Å². The highest BCUT2D eigenvalue weighted by molar-refractivity contribution is 6.03. The van der Waals surface area contributed by atoms with Gasteiger partial charge < -0.3 is 20.6 Å². The van der Waals surface area contributed by atoms with Crippen LogP contribution in [0.5, 0.6) is 0 Å². The van der Waals surface area contributed by atoms with Gasteiger partial charge in [0.05, 0.1) is 24.5 Å². The van der Waals surface area contributed by atoms with Crippen molar-refractivity contribution in [3.8, 4) is 0 Å². The van der Waals surface area contributed by atoms with Crippen molar-refractivity contribution in [3.05, 3.63) is 59.3 Å². The molecule has 1 amide bonds. The van der Waals surface area contributed by atoms with Gasteiger partial charge in [0.2, 0.25) is 11.9 Å². The van der Waals surface area contributed by atoms with Crippen LogP contribution in [0.2, 0.25) is 0 Å². The Bertz CT molecular complexity index is 1100. The molecule has 3 aromatic rings. The van der Waals surface area contributed by atoms with Gasteiger partial charge in [-0.2, -0.15) is 10.1 Å². The van der Waals surface area contributed by atoms with E-state index in [9.17, 15) is 14.3 Å². The molecule has 2 aromatic heterocycles. The standard InChI is InChI=1S/C21H24FN7O2/c1-12-18-19(28(3)17(11-30)20(31)26-18)27-21(25-12)23-8-14-9-24-29(10-14)13(2)15-4-6-16(22)7-5-15/h4-7,9-10,13,17,30H,8,11H2,1-3H3,(H,26,31)(H,23,25,27)/t13-,17?/m1/s1. The number of fused-ring (bicyclic) bond motifs is 1. The van der Waals surface area contributed by atoms with Crippen LogP contribution in [0.15, 0.2) is 36.7 Å². The van der Waals surface area contributed by atoms with Crippen LogP contribution in [0.25, 0.3) is 0 Å². The molecule has 0 spiro atoms. The number of anilines is 3. The zero-order chi connectivity index (χ0) is 22.1. The van der Waals surface area contributed by atoms with Gasteiger partial charge in [-0.3, -0.25) is 9.48 Å². The highest BCUT2D eigenvalue weighted by Gasteiger charge is 2.32. The normalized spacial score (nSPS) is 16.6. The maximum atomic E-state index is 13.2. The molecule has 1 aliphatic rings. The Hall–Kier alpha value is -3.53. The monoisotopic (exact) mass is 425 g/mol. The molecule has 2 atom stereocenters. The number of carbonyl (C=O) groups excluding carboxylic acids is 1. The molecule has 4 rings (SSSR count). The zero-order valence-electron chi connectivity index (χ0n) is 17.5. The van der Waals surface area contributed by atoms with E-state index in [4.69, 9.17) is 0 Å². The summed E-state index contributed by atoms with van der Waals surface area (Å²) in [5.74, 6) is 0.411. The van der Waals surface area contributed by atoms with Gasteiger partial charge in [0.25, 0.3) is 0 Å². The van der Waals surface area contributed by atoms with Gasteiger partial charge in [0.15, 0.2) is 5.82 Å². The lowest BCUT2D eigenvalue weighted by Crippen LogP contribution is -2.49. The second-order valence-corrected chi connectivity index (χ2v) is 7.54. The molecule has 1 aromatic carbocycles. The molecule has 3 heterocycles. The van der Waals surface area contributed by atoms with Gasteiger partial charge >= 0.3 is 0 Å². The number of hydrogen-bond acceptors (Lipinski definition) is 7. The highest BCUT2D eigenvalue weighted by Crippen LogP contribution is 2.32. The molecule has 1 aliphatic heterocycles. The van der Waals surface area contributed by atoms with Crippen molar-refractivity contribution in [2.75, 3.05) is 29.2 Å². The van der Waals surface area contributed by atoms with Crippen molar-refractivity contribution in [1.82, 2.24) is 19.7 Å².